The number of rotatable bonds is 3. The molecule has 0 aliphatic rings. The number of aromatic nitrogens is 3. The molecule has 0 aliphatic carbocycles. The highest BCUT2D eigenvalue weighted by Crippen LogP contribution is 2.06. The lowest BCUT2D eigenvalue weighted by Gasteiger charge is -1.95. The van der Waals surface area contributed by atoms with Gasteiger partial charge < -0.3 is 4.74 Å². The van der Waals surface area contributed by atoms with Crippen molar-refractivity contribution in [2.24, 2.45) is 0 Å². The van der Waals surface area contributed by atoms with E-state index in [0.29, 0.717) is 17.9 Å². The van der Waals surface area contributed by atoms with Gasteiger partial charge in [0.2, 0.25) is 0 Å². The first-order valence-electron chi connectivity index (χ1n) is 5.27. The summed E-state index contributed by atoms with van der Waals surface area (Å²) in [6, 6.07) is 3.74. The number of hydrogen-bond acceptors (Lipinski definition) is 4. The highest BCUT2D eigenvalue weighted by molar-refractivity contribution is 5.87. The molecule has 0 saturated heterocycles. The molecule has 0 aromatic carbocycles. The summed E-state index contributed by atoms with van der Waals surface area (Å²) < 4.78 is 6.47. The van der Waals surface area contributed by atoms with Crippen molar-refractivity contribution in [1.29, 1.82) is 0 Å². The minimum atomic E-state index is -0.411. The van der Waals surface area contributed by atoms with Crippen molar-refractivity contribution in [3.63, 3.8) is 0 Å². The average Bonchev–Trinajstić information content (AvgIpc) is 2.71. The van der Waals surface area contributed by atoms with Crippen LogP contribution in [-0.2, 0) is 11.2 Å². The fourth-order valence-electron chi connectivity index (χ4n) is 1.41. The monoisotopic (exact) mass is 219 g/mol. The first-order chi connectivity index (χ1) is 7.74. The standard InChI is InChI=1S/C11H13N3O2/c1-3-8-5-6-10-12-9(7-14(10)13-8)11(15)16-4-2/h5-7H,3-4H2,1-2H3. The second-order valence-corrected chi connectivity index (χ2v) is 3.33. The van der Waals surface area contributed by atoms with E-state index in [1.54, 1.807) is 17.6 Å². The van der Waals surface area contributed by atoms with E-state index in [1.165, 1.54) is 0 Å². The Morgan fingerprint density at radius 3 is 2.94 bits per heavy atom. The van der Waals surface area contributed by atoms with Crippen LogP contribution in [0, 0.1) is 0 Å². The van der Waals surface area contributed by atoms with Crippen molar-refractivity contribution in [3.05, 3.63) is 29.7 Å². The van der Waals surface area contributed by atoms with Crippen molar-refractivity contribution >= 4 is 11.6 Å². The zero-order valence-electron chi connectivity index (χ0n) is 9.30. The molecule has 5 nitrogen and oxygen atoms in total. The number of esters is 1. The molecule has 84 valence electrons. The lowest BCUT2D eigenvalue weighted by molar-refractivity contribution is 0.0520. The van der Waals surface area contributed by atoms with Gasteiger partial charge in [0, 0.05) is 0 Å². The second-order valence-electron chi connectivity index (χ2n) is 3.33. The lowest BCUT2D eigenvalue weighted by atomic mass is 10.3. The van der Waals surface area contributed by atoms with Crippen molar-refractivity contribution in [2.75, 3.05) is 6.61 Å². The van der Waals surface area contributed by atoms with Crippen molar-refractivity contribution in [2.45, 2.75) is 20.3 Å². The molecule has 5 heteroatoms. The summed E-state index contributed by atoms with van der Waals surface area (Å²) in [4.78, 5) is 15.6. The largest absolute Gasteiger partial charge is 0.461 e. The van der Waals surface area contributed by atoms with Crippen LogP contribution in [0.5, 0.6) is 0 Å². The molecule has 2 rings (SSSR count). The molecule has 0 bridgehead atoms. The van der Waals surface area contributed by atoms with E-state index >= 15 is 0 Å². The maximum Gasteiger partial charge on any atom is 0.358 e. The number of carbonyl (C=O) groups is 1. The molecular weight excluding hydrogens is 206 g/mol. The summed E-state index contributed by atoms with van der Waals surface area (Å²) in [6.07, 6.45) is 2.44. The summed E-state index contributed by atoms with van der Waals surface area (Å²) in [6.45, 7) is 4.14. The zero-order valence-corrected chi connectivity index (χ0v) is 9.30. The summed E-state index contributed by atoms with van der Waals surface area (Å²) in [5.74, 6) is -0.411. The average molecular weight is 219 g/mol. The van der Waals surface area contributed by atoms with Crippen LogP contribution < -0.4 is 0 Å². The normalized spacial score (nSPS) is 10.6. The number of nitrogens with zero attached hydrogens (tertiary/aromatic N) is 3. The van der Waals surface area contributed by atoms with Gasteiger partial charge in [0.15, 0.2) is 11.3 Å². The molecule has 0 atom stereocenters. The Bertz CT molecular complexity index is 519. The number of carbonyl (C=O) groups excluding carboxylic acids is 1. The van der Waals surface area contributed by atoms with Gasteiger partial charge in [-0.05, 0) is 25.5 Å². The molecule has 0 saturated carbocycles. The van der Waals surface area contributed by atoms with Crippen molar-refractivity contribution < 1.29 is 9.53 Å². The van der Waals surface area contributed by atoms with E-state index in [1.807, 2.05) is 19.1 Å². The van der Waals surface area contributed by atoms with E-state index < -0.39 is 5.97 Å². The summed E-state index contributed by atoms with van der Waals surface area (Å²) in [5.41, 5.74) is 1.91. The Morgan fingerprint density at radius 1 is 1.44 bits per heavy atom. The molecule has 0 unspecified atom stereocenters. The van der Waals surface area contributed by atoms with Gasteiger partial charge in [-0.3, -0.25) is 0 Å². The topological polar surface area (TPSA) is 56.5 Å². The molecule has 0 spiro atoms. The Kier molecular flexibility index (Phi) is 2.85. The van der Waals surface area contributed by atoms with Crippen LogP contribution in [0.1, 0.15) is 30.0 Å². The molecule has 2 aromatic heterocycles. The fraction of sp³-hybridized carbons (Fsp3) is 0.364. The van der Waals surface area contributed by atoms with Gasteiger partial charge in [0.05, 0.1) is 18.5 Å². The Balaban J connectivity index is 2.39. The molecule has 16 heavy (non-hydrogen) atoms. The number of hydrogen-bond donors (Lipinski definition) is 0. The maximum absolute atomic E-state index is 11.4. The number of aryl methyl sites for hydroxylation is 1. The first-order valence-corrected chi connectivity index (χ1v) is 5.27. The smallest absolute Gasteiger partial charge is 0.358 e. The van der Waals surface area contributed by atoms with Gasteiger partial charge in [-0.25, -0.2) is 14.3 Å². The number of imidazole rings is 1. The zero-order chi connectivity index (χ0) is 11.5. The van der Waals surface area contributed by atoms with E-state index in [2.05, 4.69) is 10.1 Å². The van der Waals surface area contributed by atoms with Gasteiger partial charge in [-0.1, -0.05) is 6.92 Å². The molecular formula is C11H13N3O2. The van der Waals surface area contributed by atoms with E-state index in [-0.39, 0.29) is 0 Å². The number of fused-ring (bicyclic) bond motifs is 1. The molecule has 0 aliphatic heterocycles. The van der Waals surface area contributed by atoms with Gasteiger partial charge >= 0.3 is 5.97 Å². The van der Waals surface area contributed by atoms with Gasteiger partial charge in [-0.2, -0.15) is 5.10 Å². The van der Waals surface area contributed by atoms with Crippen LogP contribution in [0.25, 0.3) is 5.65 Å². The SMILES string of the molecule is CCOC(=O)c1cn2nc(CC)ccc2n1. The maximum atomic E-state index is 11.4. The highest BCUT2D eigenvalue weighted by Gasteiger charge is 2.11. The number of ether oxygens (including phenoxy) is 1. The van der Waals surface area contributed by atoms with Crippen molar-refractivity contribution in [3.8, 4) is 0 Å². The fourth-order valence-corrected chi connectivity index (χ4v) is 1.41. The van der Waals surface area contributed by atoms with Gasteiger partial charge in [0.25, 0.3) is 0 Å². The summed E-state index contributed by atoms with van der Waals surface area (Å²) >= 11 is 0. The minimum Gasteiger partial charge on any atom is -0.461 e. The second kappa shape index (κ2) is 4.30. The predicted octanol–water partition coefficient (Wildman–Crippen LogP) is 1.47. The highest BCUT2D eigenvalue weighted by atomic mass is 16.5. The van der Waals surface area contributed by atoms with Crippen LogP contribution in [0.3, 0.4) is 0 Å². The third kappa shape index (κ3) is 1.88. The predicted molar refractivity (Wildman–Crippen MR) is 58.3 cm³/mol. The summed E-state index contributed by atoms with van der Waals surface area (Å²) in [5, 5.41) is 4.30. The Labute approximate surface area is 93.1 Å². The van der Waals surface area contributed by atoms with E-state index in [4.69, 9.17) is 4.74 Å². The molecule has 0 amide bonds. The van der Waals surface area contributed by atoms with Crippen molar-refractivity contribution in [1.82, 2.24) is 14.6 Å². The summed E-state index contributed by atoms with van der Waals surface area (Å²) in [7, 11) is 0. The van der Waals surface area contributed by atoms with Gasteiger partial charge in [-0.15, -0.1) is 0 Å². The molecule has 2 heterocycles. The Hall–Kier alpha value is -1.91. The lowest BCUT2D eigenvalue weighted by Crippen LogP contribution is -2.04. The molecule has 0 fully saturated rings. The van der Waals surface area contributed by atoms with Crippen LogP contribution in [-0.4, -0.2) is 27.2 Å². The van der Waals surface area contributed by atoms with Gasteiger partial charge in [0.1, 0.15) is 0 Å². The first kappa shape index (κ1) is 10.6. The van der Waals surface area contributed by atoms with E-state index in [0.717, 1.165) is 12.1 Å². The van der Waals surface area contributed by atoms with E-state index in [9.17, 15) is 4.79 Å². The van der Waals surface area contributed by atoms with Crippen LogP contribution in [0.15, 0.2) is 18.3 Å². The van der Waals surface area contributed by atoms with Crippen LogP contribution in [0.4, 0.5) is 0 Å². The van der Waals surface area contributed by atoms with Crippen LogP contribution in [0.2, 0.25) is 0 Å². The molecule has 0 N–H and O–H groups in total. The molecule has 0 radical (unpaired) electrons. The quantitative estimate of drug-likeness (QED) is 0.733. The Morgan fingerprint density at radius 2 is 2.25 bits per heavy atom. The minimum absolute atomic E-state index is 0.294. The van der Waals surface area contributed by atoms with Crippen LogP contribution >= 0.6 is 0 Å². The third-order valence-corrected chi connectivity index (χ3v) is 2.22. The third-order valence-electron chi connectivity index (χ3n) is 2.22. The molecule has 2 aromatic rings.